The number of hydrogen-bond acceptors (Lipinski definition) is 1. The van der Waals surface area contributed by atoms with Gasteiger partial charge in [-0.3, -0.25) is 0 Å². The van der Waals surface area contributed by atoms with Gasteiger partial charge in [0.2, 0.25) is 0 Å². The molecule has 28 heavy (non-hydrogen) atoms. The maximum absolute atomic E-state index is 10.4. The smallest absolute Gasteiger partial charge is 0.0604 e. The Bertz CT molecular complexity index is 690. The zero-order valence-corrected chi connectivity index (χ0v) is 18.8. The minimum Gasteiger partial charge on any atom is -0.393 e. The first-order valence-corrected chi connectivity index (χ1v) is 12.2. The molecule has 0 amide bonds. The lowest BCUT2D eigenvalue weighted by Crippen LogP contribution is -2.50. The van der Waals surface area contributed by atoms with Crippen molar-refractivity contribution in [1.29, 1.82) is 0 Å². The fourth-order valence-corrected chi connectivity index (χ4v) is 8.11. The van der Waals surface area contributed by atoms with Gasteiger partial charge in [0.1, 0.15) is 0 Å². The van der Waals surface area contributed by atoms with Crippen LogP contribution in [-0.2, 0) is 0 Å². The number of aliphatic hydroxyl groups is 1. The maximum Gasteiger partial charge on any atom is 0.0604 e. The van der Waals surface area contributed by atoms with Gasteiger partial charge in [-0.2, -0.15) is 0 Å². The molecule has 1 heteroatoms. The van der Waals surface area contributed by atoms with Crippen molar-refractivity contribution in [2.45, 2.75) is 111 Å². The van der Waals surface area contributed by atoms with Gasteiger partial charge in [0.15, 0.2) is 0 Å². The highest BCUT2D eigenvalue weighted by atomic mass is 16.3. The van der Waals surface area contributed by atoms with Crippen LogP contribution >= 0.6 is 0 Å². The Labute approximate surface area is 179 Å². The van der Waals surface area contributed by atoms with Crippen LogP contribution in [0.5, 0.6) is 0 Å². The molecule has 4 aliphatic rings. The molecule has 0 aliphatic heterocycles. The summed E-state index contributed by atoms with van der Waals surface area (Å²) < 4.78 is 24.8. The topological polar surface area (TPSA) is 20.2 Å². The Balaban J connectivity index is 1.51. The standard InChI is InChI=1S/C27H46O/c1-18(2)7-6-8-19(3)23-11-12-24-22-10-9-20-17-21(28)13-15-26(20,4)25(22)14-16-27(23,24)5/h9,18-19,21-25,28H,6-8,10-17H2,1-5H3/t19-,21?,22?,23?,24?,25?,26?,27?/m1/s1/i1D,11D,21D/t11?,18-,19-,21?,22?,23?,24?,25?,26?,27?. The second-order valence-electron chi connectivity index (χ2n) is 11.6. The highest BCUT2D eigenvalue weighted by molar-refractivity contribution is 5.25. The monoisotopic (exact) mass is 389 g/mol. The molecule has 1 nitrogen and oxygen atoms in total. The zero-order chi connectivity index (χ0) is 22.6. The predicted octanol–water partition coefficient (Wildman–Crippen LogP) is 7.39. The lowest BCUT2D eigenvalue weighted by molar-refractivity contribution is -0.0573. The van der Waals surface area contributed by atoms with Crippen molar-refractivity contribution in [3.8, 4) is 0 Å². The summed E-state index contributed by atoms with van der Waals surface area (Å²) in [4.78, 5) is 0. The second-order valence-corrected chi connectivity index (χ2v) is 11.6. The molecular weight excluding hydrogens is 340 g/mol. The molecule has 3 fully saturated rings. The molecule has 0 spiro atoms. The van der Waals surface area contributed by atoms with Gasteiger partial charge >= 0.3 is 0 Å². The first-order valence-electron chi connectivity index (χ1n) is 13.9. The minimum absolute atomic E-state index is 0.0696. The summed E-state index contributed by atoms with van der Waals surface area (Å²) >= 11 is 0. The van der Waals surface area contributed by atoms with E-state index in [1.807, 2.05) is 0 Å². The van der Waals surface area contributed by atoms with Crippen molar-refractivity contribution in [2.75, 3.05) is 0 Å². The molecule has 1 N–H and O–H groups in total. The van der Waals surface area contributed by atoms with Gasteiger partial charge in [-0.25, -0.2) is 0 Å². The van der Waals surface area contributed by atoms with E-state index in [1.54, 1.807) is 0 Å². The molecule has 4 aliphatic carbocycles. The SMILES string of the molecule is [2H]C[C@H](C)CCC[C@@H](C)C1C([2H])CC2C3CC=C4CC([2H])(O)CCC4(C)C3CCC21C. The second kappa shape index (κ2) is 7.75. The first kappa shape index (κ1) is 17.4. The van der Waals surface area contributed by atoms with E-state index in [0.29, 0.717) is 60.7 Å². The van der Waals surface area contributed by atoms with Gasteiger partial charge in [-0.15, -0.1) is 0 Å². The van der Waals surface area contributed by atoms with Crippen LogP contribution in [0.1, 0.15) is 109 Å². The number of hydrogen-bond donors (Lipinski definition) is 1. The Morgan fingerprint density at radius 1 is 1.21 bits per heavy atom. The molecule has 8 unspecified atom stereocenters. The third-order valence-electron chi connectivity index (χ3n) is 9.77. The van der Waals surface area contributed by atoms with Crippen molar-refractivity contribution < 1.29 is 9.22 Å². The summed E-state index contributed by atoms with van der Waals surface area (Å²) in [6.45, 7) is 10.1. The molecule has 4 rings (SSSR count). The summed E-state index contributed by atoms with van der Waals surface area (Å²) in [7, 11) is 0. The van der Waals surface area contributed by atoms with E-state index in [2.05, 4.69) is 33.8 Å². The van der Waals surface area contributed by atoms with Crippen LogP contribution in [0.2, 0.25) is 0 Å². The van der Waals surface area contributed by atoms with Crippen molar-refractivity contribution in [3.63, 3.8) is 0 Å². The van der Waals surface area contributed by atoms with Crippen LogP contribution in [0.15, 0.2) is 11.6 Å². The van der Waals surface area contributed by atoms with Crippen molar-refractivity contribution in [1.82, 2.24) is 0 Å². The molecule has 0 saturated heterocycles. The normalized spacial score (nSPS) is 54.2. The van der Waals surface area contributed by atoms with Crippen LogP contribution < -0.4 is 0 Å². The van der Waals surface area contributed by atoms with E-state index in [-0.39, 0.29) is 11.8 Å². The predicted molar refractivity (Wildman–Crippen MR) is 119 cm³/mol. The fourth-order valence-electron chi connectivity index (χ4n) is 8.11. The highest BCUT2D eigenvalue weighted by Gasteiger charge is 2.59. The summed E-state index contributed by atoms with van der Waals surface area (Å²) in [5.41, 5.74) is 1.81. The maximum atomic E-state index is 10.4. The van der Waals surface area contributed by atoms with Gasteiger partial charge in [0.25, 0.3) is 0 Å². The number of allylic oxidation sites excluding steroid dienone is 1. The largest absolute Gasteiger partial charge is 0.393 e. The Morgan fingerprint density at radius 2 is 2.04 bits per heavy atom. The van der Waals surface area contributed by atoms with Gasteiger partial charge < -0.3 is 5.11 Å². The van der Waals surface area contributed by atoms with Crippen LogP contribution in [0.4, 0.5) is 0 Å². The molecule has 0 bridgehead atoms. The van der Waals surface area contributed by atoms with E-state index >= 15 is 0 Å². The highest BCUT2D eigenvalue weighted by Crippen LogP contribution is 2.67. The van der Waals surface area contributed by atoms with Crippen LogP contribution in [0.3, 0.4) is 0 Å². The van der Waals surface area contributed by atoms with E-state index in [1.165, 1.54) is 31.3 Å². The Morgan fingerprint density at radius 3 is 2.82 bits per heavy atom. The molecule has 160 valence electrons. The van der Waals surface area contributed by atoms with Crippen molar-refractivity contribution in [3.05, 3.63) is 11.6 Å². The minimum atomic E-state index is -1.26. The lowest BCUT2D eigenvalue weighted by Gasteiger charge is -2.58. The van der Waals surface area contributed by atoms with Crippen molar-refractivity contribution >= 4 is 0 Å². The average Bonchev–Trinajstić information content (AvgIpc) is 2.98. The van der Waals surface area contributed by atoms with Gasteiger partial charge in [-0.1, -0.05) is 65.5 Å². The molecule has 0 aromatic rings. The molecule has 0 aromatic heterocycles. The third-order valence-corrected chi connectivity index (χ3v) is 9.77. The van der Waals surface area contributed by atoms with Crippen LogP contribution in [-0.4, -0.2) is 11.2 Å². The quantitative estimate of drug-likeness (QED) is 0.486. The van der Waals surface area contributed by atoms with Gasteiger partial charge in [0, 0.05) is 2.74 Å². The zero-order valence-electron chi connectivity index (χ0n) is 21.8. The van der Waals surface area contributed by atoms with Crippen molar-refractivity contribution in [2.24, 2.45) is 46.3 Å². The average molecular weight is 390 g/mol. The summed E-state index contributed by atoms with van der Waals surface area (Å²) in [6, 6.07) is 0. The van der Waals surface area contributed by atoms with E-state index in [9.17, 15) is 5.11 Å². The van der Waals surface area contributed by atoms with Crippen LogP contribution in [0, 0.1) is 46.3 Å². The Kier molecular flexibility index (Phi) is 4.81. The first-order chi connectivity index (χ1) is 14.5. The van der Waals surface area contributed by atoms with Gasteiger partial charge in [0.05, 0.1) is 7.45 Å². The number of rotatable bonds is 5. The lowest BCUT2D eigenvalue weighted by atomic mass is 9.47. The van der Waals surface area contributed by atoms with Crippen LogP contribution in [0.25, 0.3) is 0 Å². The molecule has 0 radical (unpaired) electrons. The molecule has 10 atom stereocenters. The molecular formula is C27H46O. The van der Waals surface area contributed by atoms with E-state index in [4.69, 9.17) is 4.11 Å². The summed E-state index contributed by atoms with van der Waals surface area (Å²) in [5, 5.41) is 10.4. The third kappa shape index (κ3) is 3.42. The van der Waals surface area contributed by atoms with E-state index in [0.717, 1.165) is 25.7 Å². The fraction of sp³-hybridized carbons (Fsp3) is 0.926. The molecule has 0 heterocycles. The number of fused-ring (bicyclic) bond motifs is 5. The Hall–Kier alpha value is -0.300. The van der Waals surface area contributed by atoms with Gasteiger partial charge in [-0.05, 0) is 97.7 Å². The summed E-state index contributed by atoms with van der Waals surface area (Å²) in [5.74, 6) is 3.61. The van der Waals surface area contributed by atoms with E-state index < -0.39 is 6.08 Å². The molecule has 0 aromatic carbocycles. The molecule has 3 saturated carbocycles. The summed E-state index contributed by atoms with van der Waals surface area (Å²) in [6.07, 6.45) is 11.5.